The number of hydrogen-bond donors (Lipinski definition) is 1. The molecule has 1 atom stereocenters. The molecule has 0 aromatic heterocycles. The van der Waals surface area contributed by atoms with Crippen LogP contribution in [0.25, 0.3) is 0 Å². The summed E-state index contributed by atoms with van der Waals surface area (Å²) in [6.07, 6.45) is 6.72. The van der Waals surface area contributed by atoms with Gasteiger partial charge in [-0.3, -0.25) is 4.90 Å². The maximum absolute atomic E-state index is 6.21. The summed E-state index contributed by atoms with van der Waals surface area (Å²) >= 11 is 2.46. The number of likely N-dealkylation sites (tertiary alicyclic amines) is 1. The van der Waals surface area contributed by atoms with Gasteiger partial charge in [0.1, 0.15) is 0 Å². The molecule has 1 heterocycles. The molecular formula is C10H19IN2. The molecule has 2 aliphatic rings. The maximum atomic E-state index is 6.21. The van der Waals surface area contributed by atoms with Crippen LogP contribution in [0.1, 0.15) is 32.1 Å². The fraction of sp³-hybridized carbons (Fsp3) is 1.00. The molecule has 3 heteroatoms. The van der Waals surface area contributed by atoms with E-state index >= 15 is 0 Å². The topological polar surface area (TPSA) is 29.3 Å². The minimum absolute atomic E-state index is 0.504. The lowest BCUT2D eigenvalue weighted by Gasteiger charge is -2.41. The average molecular weight is 294 g/mol. The highest BCUT2D eigenvalue weighted by Gasteiger charge is 2.42. The van der Waals surface area contributed by atoms with Crippen LogP contribution in [0.3, 0.4) is 0 Å². The van der Waals surface area contributed by atoms with Gasteiger partial charge in [-0.2, -0.15) is 0 Å². The van der Waals surface area contributed by atoms with Crippen LogP contribution in [0.15, 0.2) is 0 Å². The highest BCUT2D eigenvalue weighted by atomic mass is 127. The van der Waals surface area contributed by atoms with E-state index in [4.69, 9.17) is 5.73 Å². The third-order valence-corrected chi connectivity index (χ3v) is 4.96. The van der Waals surface area contributed by atoms with Gasteiger partial charge >= 0.3 is 0 Å². The largest absolute Gasteiger partial charge is 0.327 e. The van der Waals surface area contributed by atoms with Crippen LogP contribution >= 0.6 is 22.6 Å². The Hall–Kier alpha value is 0.650. The Balaban J connectivity index is 1.95. The summed E-state index contributed by atoms with van der Waals surface area (Å²) in [6, 6.07) is 0.504. The Morgan fingerprint density at radius 3 is 2.46 bits per heavy atom. The van der Waals surface area contributed by atoms with Gasteiger partial charge in [-0.25, -0.2) is 0 Å². The van der Waals surface area contributed by atoms with E-state index in [-0.39, 0.29) is 0 Å². The fourth-order valence-electron chi connectivity index (χ4n) is 2.90. The van der Waals surface area contributed by atoms with Crippen molar-refractivity contribution in [1.82, 2.24) is 4.90 Å². The molecule has 1 aliphatic carbocycles. The van der Waals surface area contributed by atoms with E-state index in [1.807, 2.05) is 0 Å². The number of nitrogens with two attached hydrogens (primary N) is 1. The van der Waals surface area contributed by atoms with Crippen molar-refractivity contribution in [3.8, 4) is 0 Å². The van der Waals surface area contributed by atoms with Crippen molar-refractivity contribution in [2.45, 2.75) is 38.1 Å². The Kier molecular flexibility index (Phi) is 3.15. The van der Waals surface area contributed by atoms with E-state index in [1.165, 1.54) is 49.7 Å². The van der Waals surface area contributed by atoms with Crippen LogP contribution in [-0.2, 0) is 0 Å². The van der Waals surface area contributed by atoms with Crippen molar-refractivity contribution in [2.24, 2.45) is 11.1 Å². The molecular weight excluding hydrogens is 275 g/mol. The summed E-state index contributed by atoms with van der Waals surface area (Å²) in [5.74, 6) is 0. The van der Waals surface area contributed by atoms with Crippen molar-refractivity contribution in [3.63, 3.8) is 0 Å². The number of nitrogens with zero attached hydrogens (tertiary/aromatic N) is 1. The molecule has 2 rings (SSSR count). The smallest absolute Gasteiger partial charge is 0.0505 e. The van der Waals surface area contributed by atoms with Crippen LogP contribution in [0, 0.1) is 5.41 Å². The van der Waals surface area contributed by atoms with Gasteiger partial charge in [0.2, 0.25) is 0 Å². The average Bonchev–Trinajstić information content (AvgIpc) is 2.50. The lowest BCUT2D eigenvalue weighted by molar-refractivity contribution is 0.110. The van der Waals surface area contributed by atoms with E-state index in [9.17, 15) is 0 Å². The Morgan fingerprint density at radius 1 is 1.31 bits per heavy atom. The van der Waals surface area contributed by atoms with Gasteiger partial charge in [0.25, 0.3) is 0 Å². The zero-order valence-electron chi connectivity index (χ0n) is 8.14. The summed E-state index contributed by atoms with van der Waals surface area (Å²) in [4.78, 5) is 2.54. The van der Waals surface area contributed by atoms with E-state index in [2.05, 4.69) is 27.5 Å². The molecule has 1 spiro atoms. The molecule has 2 fully saturated rings. The zero-order chi connectivity index (χ0) is 9.31. The van der Waals surface area contributed by atoms with Crippen LogP contribution in [0.4, 0.5) is 0 Å². The number of halogens is 1. The quantitative estimate of drug-likeness (QED) is 0.455. The van der Waals surface area contributed by atoms with Crippen LogP contribution < -0.4 is 5.73 Å². The third-order valence-electron chi connectivity index (χ3n) is 4.00. The minimum Gasteiger partial charge on any atom is -0.327 e. The molecule has 2 N–H and O–H groups in total. The van der Waals surface area contributed by atoms with Crippen molar-refractivity contribution in [2.75, 3.05) is 17.6 Å². The summed E-state index contributed by atoms with van der Waals surface area (Å²) in [5.41, 5.74) is 6.75. The van der Waals surface area contributed by atoms with Gasteiger partial charge in [-0.05, 0) is 44.2 Å². The summed E-state index contributed by atoms with van der Waals surface area (Å²) < 4.78 is 1.18. The number of piperidine rings is 1. The van der Waals surface area contributed by atoms with E-state index in [1.54, 1.807) is 0 Å². The fourth-order valence-corrected chi connectivity index (χ4v) is 3.59. The monoisotopic (exact) mass is 294 g/mol. The highest BCUT2D eigenvalue weighted by Crippen LogP contribution is 2.45. The second-order valence-electron chi connectivity index (χ2n) is 4.60. The first-order valence-corrected chi connectivity index (χ1v) is 6.83. The zero-order valence-corrected chi connectivity index (χ0v) is 10.3. The maximum Gasteiger partial charge on any atom is 0.0505 e. The molecule has 13 heavy (non-hydrogen) atoms. The summed E-state index contributed by atoms with van der Waals surface area (Å²) in [5, 5.41) is 0. The van der Waals surface area contributed by atoms with Crippen molar-refractivity contribution >= 4 is 22.6 Å². The van der Waals surface area contributed by atoms with Crippen LogP contribution in [-0.4, -0.2) is 28.6 Å². The molecule has 0 amide bonds. The molecule has 1 saturated heterocycles. The Bertz CT molecular complexity index is 176. The van der Waals surface area contributed by atoms with Gasteiger partial charge in [-0.1, -0.05) is 29.0 Å². The predicted molar refractivity (Wildman–Crippen MR) is 64.0 cm³/mol. The van der Waals surface area contributed by atoms with Gasteiger partial charge in [0.15, 0.2) is 0 Å². The van der Waals surface area contributed by atoms with E-state index in [0.29, 0.717) is 11.5 Å². The van der Waals surface area contributed by atoms with E-state index in [0.717, 1.165) is 0 Å². The molecule has 0 bridgehead atoms. The molecule has 0 aromatic rings. The summed E-state index contributed by atoms with van der Waals surface area (Å²) in [6.45, 7) is 2.55. The number of alkyl halides is 1. The second-order valence-corrected chi connectivity index (χ2v) is 5.28. The molecule has 2 nitrogen and oxygen atoms in total. The van der Waals surface area contributed by atoms with Crippen molar-refractivity contribution in [3.05, 3.63) is 0 Å². The molecule has 0 unspecified atom stereocenters. The predicted octanol–water partition coefficient (Wildman–Crippen LogP) is 1.97. The van der Waals surface area contributed by atoms with Gasteiger partial charge in [-0.15, -0.1) is 0 Å². The van der Waals surface area contributed by atoms with Crippen molar-refractivity contribution < 1.29 is 0 Å². The Labute approximate surface area is 94.4 Å². The minimum atomic E-state index is 0.504. The molecule has 76 valence electrons. The van der Waals surface area contributed by atoms with Crippen LogP contribution in [0.5, 0.6) is 0 Å². The first kappa shape index (κ1) is 10.2. The number of rotatable bonds is 1. The normalized spacial score (nSPS) is 34.2. The first-order valence-electron chi connectivity index (χ1n) is 5.31. The lowest BCUT2D eigenvalue weighted by Crippen LogP contribution is -2.46. The summed E-state index contributed by atoms with van der Waals surface area (Å²) in [7, 11) is 0. The number of hydrogen-bond acceptors (Lipinski definition) is 2. The van der Waals surface area contributed by atoms with E-state index < -0.39 is 0 Å². The van der Waals surface area contributed by atoms with Crippen molar-refractivity contribution in [1.29, 1.82) is 0 Å². The lowest BCUT2D eigenvalue weighted by atomic mass is 9.74. The second kappa shape index (κ2) is 4.03. The first-order chi connectivity index (χ1) is 6.27. The SMILES string of the molecule is N[C@@H]1CCCC12CCN(CI)CC2. The standard InChI is InChI=1S/C10H19IN2/c11-8-13-6-4-10(5-7-13)3-1-2-9(10)12/h9H,1-8,12H2/t9-/m1/s1. The Morgan fingerprint density at radius 2 is 2.00 bits per heavy atom. The van der Waals surface area contributed by atoms with Gasteiger partial charge in [0, 0.05) is 6.04 Å². The highest BCUT2D eigenvalue weighted by molar-refractivity contribution is 14.1. The molecule has 0 radical (unpaired) electrons. The van der Waals surface area contributed by atoms with Crippen LogP contribution in [0.2, 0.25) is 0 Å². The molecule has 0 aromatic carbocycles. The van der Waals surface area contributed by atoms with Gasteiger partial charge < -0.3 is 5.73 Å². The third kappa shape index (κ3) is 1.88. The van der Waals surface area contributed by atoms with Gasteiger partial charge in [0.05, 0.1) is 4.55 Å². The molecule has 1 saturated carbocycles. The molecule has 1 aliphatic heterocycles.